The van der Waals surface area contributed by atoms with Gasteiger partial charge in [-0.05, 0) is 38.3 Å². The molecule has 1 heteroatoms. The summed E-state index contributed by atoms with van der Waals surface area (Å²) in [7, 11) is 0. The summed E-state index contributed by atoms with van der Waals surface area (Å²) in [6.07, 6.45) is 3.88. The van der Waals surface area contributed by atoms with Crippen LogP contribution in [0.4, 0.5) is 0 Å². The molecule has 1 N–H and O–H groups in total. The lowest BCUT2D eigenvalue weighted by molar-refractivity contribution is 0.603. The van der Waals surface area contributed by atoms with Crippen LogP contribution in [0.15, 0.2) is 24.3 Å². The lowest BCUT2D eigenvalue weighted by atomic mass is 10.0. The molecule has 1 fully saturated rings. The smallest absolute Gasteiger partial charge is 0.0108 e. The monoisotopic (exact) mass is 175 g/mol. The largest absolute Gasteiger partial charge is 0.314 e. The molecule has 0 aliphatic carbocycles. The van der Waals surface area contributed by atoms with Crippen molar-refractivity contribution in [1.29, 1.82) is 0 Å². The van der Waals surface area contributed by atoms with E-state index in [1.165, 1.54) is 36.9 Å². The Bertz CT molecular complexity index is 257. The minimum absolute atomic E-state index is 0.725. The van der Waals surface area contributed by atoms with Crippen molar-refractivity contribution in [2.45, 2.75) is 32.2 Å². The Morgan fingerprint density at radius 3 is 2.69 bits per heavy atom. The highest BCUT2D eigenvalue weighted by Crippen LogP contribution is 2.12. The number of benzene rings is 1. The first kappa shape index (κ1) is 8.76. The molecule has 1 aromatic rings. The van der Waals surface area contributed by atoms with Gasteiger partial charge >= 0.3 is 0 Å². The zero-order valence-electron chi connectivity index (χ0n) is 8.22. The van der Waals surface area contributed by atoms with Crippen LogP contribution in [0, 0.1) is 6.92 Å². The first-order valence-corrected chi connectivity index (χ1v) is 5.13. The van der Waals surface area contributed by atoms with E-state index < -0.39 is 0 Å². The molecule has 0 bridgehead atoms. The molecule has 70 valence electrons. The molecule has 0 aromatic heterocycles. The van der Waals surface area contributed by atoms with E-state index in [1.54, 1.807) is 0 Å². The zero-order valence-corrected chi connectivity index (χ0v) is 8.22. The second-order valence-corrected chi connectivity index (χ2v) is 3.98. The van der Waals surface area contributed by atoms with Crippen LogP contribution >= 0.6 is 0 Å². The number of hydrogen-bond acceptors (Lipinski definition) is 1. The molecule has 1 saturated heterocycles. The average molecular weight is 175 g/mol. The topological polar surface area (TPSA) is 12.0 Å². The lowest BCUT2D eigenvalue weighted by Gasteiger charge is -2.09. The molecule has 1 aliphatic heterocycles. The van der Waals surface area contributed by atoms with Crippen molar-refractivity contribution in [3.63, 3.8) is 0 Å². The Balaban J connectivity index is 1.97. The van der Waals surface area contributed by atoms with Crippen LogP contribution in [0.1, 0.15) is 24.0 Å². The molecule has 1 heterocycles. The fourth-order valence-electron chi connectivity index (χ4n) is 1.94. The Labute approximate surface area is 80.2 Å². The van der Waals surface area contributed by atoms with Gasteiger partial charge in [0.1, 0.15) is 0 Å². The molecular weight excluding hydrogens is 158 g/mol. The molecule has 0 saturated carbocycles. The summed E-state index contributed by atoms with van der Waals surface area (Å²) in [5.41, 5.74) is 2.81. The van der Waals surface area contributed by atoms with Crippen LogP contribution in [-0.4, -0.2) is 12.6 Å². The Kier molecular flexibility index (Phi) is 2.65. The number of nitrogens with one attached hydrogen (secondary N) is 1. The van der Waals surface area contributed by atoms with Gasteiger partial charge in [-0.15, -0.1) is 0 Å². The summed E-state index contributed by atoms with van der Waals surface area (Å²) in [4.78, 5) is 0. The fourth-order valence-corrected chi connectivity index (χ4v) is 1.94. The quantitative estimate of drug-likeness (QED) is 0.727. The average Bonchev–Trinajstić information content (AvgIpc) is 2.62. The Morgan fingerprint density at radius 1 is 1.31 bits per heavy atom. The van der Waals surface area contributed by atoms with Crippen molar-refractivity contribution in [2.24, 2.45) is 0 Å². The van der Waals surface area contributed by atoms with Crippen molar-refractivity contribution in [1.82, 2.24) is 5.32 Å². The molecule has 1 atom stereocenters. The van der Waals surface area contributed by atoms with Crippen molar-refractivity contribution in [3.8, 4) is 0 Å². The molecule has 1 aliphatic rings. The summed E-state index contributed by atoms with van der Waals surface area (Å²) in [5, 5.41) is 3.52. The van der Waals surface area contributed by atoms with Crippen LogP contribution in [0.25, 0.3) is 0 Å². The summed E-state index contributed by atoms with van der Waals surface area (Å²) in [5.74, 6) is 0. The van der Waals surface area contributed by atoms with E-state index in [4.69, 9.17) is 0 Å². The van der Waals surface area contributed by atoms with E-state index in [2.05, 4.69) is 36.5 Å². The van der Waals surface area contributed by atoms with E-state index in [0.717, 1.165) is 6.04 Å². The second-order valence-electron chi connectivity index (χ2n) is 3.98. The number of hydrogen-bond donors (Lipinski definition) is 1. The van der Waals surface area contributed by atoms with E-state index in [1.807, 2.05) is 0 Å². The lowest BCUT2D eigenvalue weighted by Crippen LogP contribution is -2.23. The predicted molar refractivity (Wildman–Crippen MR) is 55.9 cm³/mol. The van der Waals surface area contributed by atoms with Crippen LogP contribution in [0.2, 0.25) is 0 Å². The third-order valence-corrected chi connectivity index (χ3v) is 2.77. The SMILES string of the molecule is Cc1ccc(CC2CCCN2)cc1. The Hall–Kier alpha value is -0.820. The van der Waals surface area contributed by atoms with Gasteiger partial charge in [-0.3, -0.25) is 0 Å². The maximum Gasteiger partial charge on any atom is 0.0108 e. The third-order valence-electron chi connectivity index (χ3n) is 2.77. The first-order valence-electron chi connectivity index (χ1n) is 5.13. The van der Waals surface area contributed by atoms with Crippen LogP contribution in [0.5, 0.6) is 0 Å². The second kappa shape index (κ2) is 3.93. The highest BCUT2D eigenvalue weighted by Gasteiger charge is 2.13. The van der Waals surface area contributed by atoms with Crippen molar-refractivity contribution in [2.75, 3.05) is 6.54 Å². The summed E-state index contributed by atoms with van der Waals surface area (Å²) in [6, 6.07) is 9.61. The summed E-state index contributed by atoms with van der Waals surface area (Å²) < 4.78 is 0. The van der Waals surface area contributed by atoms with Gasteiger partial charge in [-0.25, -0.2) is 0 Å². The van der Waals surface area contributed by atoms with E-state index in [9.17, 15) is 0 Å². The van der Waals surface area contributed by atoms with Crippen LogP contribution in [0.3, 0.4) is 0 Å². The molecule has 13 heavy (non-hydrogen) atoms. The highest BCUT2D eigenvalue weighted by molar-refractivity contribution is 5.22. The van der Waals surface area contributed by atoms with Gasteiger partial charge in [-0.1, -0.05) is 29.8 Å². The summed E-state index contributed by atoms with van der Waals surface area (Å²) >= 11 is 0. The third kappa shape index (κ3) is 2.31. The molecule has 0 radical (unpaired) electrons. The van der Waals surface area contributed by atoms with Crippen LogP contribution in [-0.2, 0) is 6.42 Å². The molecule has 2 rings (SSSR count). The van der Waals surface area contributed by atoms with Gasteiger partial charge in [0.15, 0.2) is 0 Å². The van der Waals surface area contributed by atoms with Crippen LogP contribution < -0.4 is 5.32 Å². The molecular formula is C12H17N. The molecule has 0 spiro atoms. The van der Waals surface area contributed by atoms with Gasteiger partial charge in [0.05, 0.1) is 0 Å². The van der Waals surface area contributed by atoms with E-state index in [0.29, 0.717) is 0 Å². The fraction of sp³-hybridized carbons (Fsp3) is 0.500. The van der Waals surface area contributed by atoms with Crippen molar-refractivity contribution >= 4 is 0 Å². The predicted octanol–water partition coefficient (Wildman–Crippen LogP) is 2.29. The van der Waals surface area contributed by atoms with Gasteiger partial charge in [0.2, 0.25) is 0 Å². The molecule has 1 unspecified atom stereocenters. The minimum Gasteiger partial charge on any atom is -0.314 e. The van der Waals surface area contributed by atoms with Crippen molar-refractivity contribution < 1.29 is 0 Å². The maximum absolute atomic E-state index is 3.52. The van der Waals surface area contributed by atoms with E-state index in [-0.39, 0.29) is 0 Å². The van der Waals surface area contributed by atoms with Gasteiger partial charge in [0, 0.05) is 6.04 Å². The van der Waals surface area contributed by atoms with Crippen molar-refractivity contribution in [3.05, 3.63) is 35.4 Å². The first-order chi connectivity index (χ1) is 6.34. The number of aryl methyl sites for hydroxylation is 1. The minimum atomic E-state index is 0.725. The maximum atomic E-state index is 3.52. The van der Waals surface area contributed by atoms with E-state index >= 15 is 0 Å². The Morgan fingerprint density at radius 2 is 2.08 bits per heavy atom. The number of rotatable bonds is 2. The normalized spacial score (nSPS) is 22.1. The zero-order chi connectivity index (χ0) is 9.10. The van der Waals surface area contributed by atoms with Gasteiger partial charge in [-0.2, -0.15) is 0 Å². The molecule has 0 amide bonds. The molecule has 1 aromatic carbocycles. The molecule has 1 nitrogen and oxygen atoms in total. The van der Waals surface area contributed by atoms with Gasteiger partial charge < -0.3 is 5.32 Å². The van der Waals surface area contributed by atoms with Gasteiger partial charge in [0.25, 0.3) is 0 Å². The summed E-state index contributed by atoms with van der Waals surface area (Å²) in [6.45, 7) is 3.34. The highest BCUT2D eigenvalue weighted by atomic mass is 14.9. The standard InChI is InChI=1S/C12H17N/c1-10-4-6-11(7-5-10)9-12-3-2-8-13-12/h4-7,12-13H,2-3,8-9H2,1H3.